The van der Waals surface area contributed by atoms with Crippen molar-refractivity contribution in [1.82, 2.24) is 44.7 Å². The standard InChI is InChI=1S/C24H24F4N10O4/c1-23(41,24(26,27)28)22(40)37-8-12(15(25)9-37)5-17(39)13-4-11(7-30-21(13)42-3)18-14(20-33-35-36(2)34-20)6-16-19(29)31-10-32-38(16)18/h4,6-7,10,12,15,41H,5,8-9H2,1-3H3,(H2,29,31,32)/t12-,15+,23-/m1/s1. The van der Waals surface area contributed by atoms with Gasteiger partial charge in [-0.3, -0.25) is 9.59 Å². The molecule has 0 spiro atoms. The van der Waals surface area contributed by atoms with E-state index in [2.05, 4.69) is 30.5 Å². The predicted octanol–water partition coefficient (Wildman–Crippen LogP) is 1.26. The van der Waals surface area contributed by atoms with E-state index >= 15 is 0 Å². The zero-order valence-corrected chi connectivity index (χ0v) is 22.4. The van der Waals surface area contributed by atoms with Crippen LogP contribution in [0.4, 0.5) is 23.4 Å². The Kier molecular flexibility index (Phi) is 7.04. The molecule has 0 aliphatic carbocycles. The Morgan fingerprint density at radius 2 is 1.95 bits per heavy atom. The highest BCUT2D eigenvalue weighted by Crippen LogP contribution is 2.37. The normalized spacial score (nSPS) is 18.8. The number of nitrogen functional groups attached to an aromatic ring is 1. The number of nitrogens with zero attached hydrogens (tertiary/aromatic N) is 9. The number of hydrogen-bond donors (Lipinski definition) is 2. The Hall–Kier alpha value is -4.74. The lowest BCUT2D eigenvalue weighted by Crippen LogP contribution is -2.55. The monoisotopic (exact) mass is 592 g/mol. The topological polar surface area (TPSA) is 180 Å². The summed E-state index contributed by atoms with van der Waals surface area (Å²) in [4.78, 5) is 35.8. The van der Waals surface area contributed by atoms with Gasteiger partial charge in [-0.25, -0.2) is 18.9 Å². The lowest BCUT2D eigenvalue weighted by atomic mass is 9.95. The molecule has 1 amide bonds. The van der Waals surface area contributed by atoms with Crippen molar-refractivity contribution >= 4 is 23.0 Å². The third-order valence-electron chi connectivity index (χ3n) is 7.03. The highest BCUT2D eigenvalue weighted by molar-refractivity contribution is 6.00. The Labute approximate surface area is 234 Å². The van der Waals surface area contributed by atoms with Crippen LogP contribution < -0.4 is 10.5 Å². The van der Waals surface area contributed by atoms with Gasteiger partial charge < -0.3 is 20.5 Å². The fraction of sp³-hybridized carbons (Fsp3) is 0.417. The van der Waals surface area contributed by atoms with Crippen LogP contribution in [0.15, 0.2) is 24.7 Å². The number of nitrogens with two attached hydrogens (primary N) is 1. The van der Waals surface area contributed by atoms with E-state index in [0.29, 0.717) is 34.2 Å². The molecule has 5 heterocycles. The zero-order valence-electron chi connectivity index (χ0n) is 22.4. The molecular weight excluding hydrogens is 568 g/mol. The number of anilines is 1. The van der Waals surface area contributed by atoms with Crippen LogP contribution in [0.5, 0.6) is 5.88 Å². The number of pyridine rings is 1. The minimum atomic E-state index is -5.26. The van der Waals surface area contributed by atoms with Crippen LogP contribution in [-0.4, -0.2) is 99.6 Å². The molecule has 1 saturated heterocycles. The molecule has 3 atom stereocenters. The van der Waals surface area contributed by atoms with Gasteiger partial charge in [0.1, 0.15) is 18.0 Å². The molecule has 1 fully saturated rings. The molecule has 1 aliphatic rings. The maximum Gasteiger partial charge on any atom is 0.426 e. The Morgan fingerprint density at radius 3 is 2.60 bits per heavy atom. The summed E-state index contributed by atoms with van der Waals surface area (Å²) in [6.07, 6.45) is -4.92. The highest BCUT2D eigenvalue weighted by Gasteiger charge is 2.58. The number of alkyl halides is 4. The summed E-state index contributed by atoms with van der Waals surface area (Å²) >= 11 is 0. The van der Waals surface area contributed by atoms with Gasteiger partial charge in [0, 0.05) is 30.6 Å². The number of hydrogen-bond acceptors (Lipinski definition) is 11. The number of aryl methyl sites for hydroxylation is 1. The zero-order chi connectivity index (χ0) is 30.6. The number of carbonyl (C=O) groups excluding carboxylic acids is 2. The van der Waals surface area contributed by atoms with Gasteiger partial charge in [0.15, 0.2) is 11.6 Å². The van der Waals surface area contributed by atoms with Gasteiger partial charge in [0.2, 0.25) is 17.3 Å². The van der Waals surface area contributed by atoms with Crippen LogP contribution in [0.1, 0.15) is 23.7 Å². The molecular formula is C24H24F4N10O4. The highest BCUT2D eigenvalue weighted by atomic mass is 19.4. The van der Waals surface area contributed by atoms with Crippen LogP contribution >= 0.6 is 0 Å². The Bertz CT molecular complexity index is 1690. The first-order valence-electron chi connectivity index (χ1n) is 12.4. The SMILES string of the molecule is COc1ncc(-c2c(-c3nnn(C)n3)cc3c(N)ncnn23)cc1C(=O)C[C@@H]1CN(C(=O)[C@@](C)(O)C(F)(F)F)C[C@@H]1F. The average Bonchev–Trinajstić information content (AvgIpc) is 3.64. The first-order chi connectivity index (χ1) is 19.7. The molecule has 0 unspecified atom stereocenters. The van der Waals surface area contributed by atoms with E-state index in [4.69, 9.17) is 10.5 Å². The van der Waals surface area contributed by atoms with E-state index in [1.54, 1.807) is 13.1 Å². The molecule has 0 aromatic carbocycles. The maximum absolute atomic E-state index is 14.9. The number of aliphatic hydroxyl groups is 1. The van der Waals surface area contributed by atoms with Crippen molar-refractivity contribution in [2.75, 3.05) is 25.9 Å². The van der Waals surface area contributed by atoms with Gasteiger partial charge in [-0.15, -0.1) is 10.2 Å². The molecule has 0 bridgehead atoms. The Balaban J connectivity index is 1.48. The number of carbonyl (C=O) groups is 2. The van der Waals surface area contributed by atoms with E-state index in [1.165, 1.54) is 35.0 Å². The van der Waals surface area contributed by atoms with Gasteiger partial charge in [-0.2, -0.15) is 23.1 Å². The first-order valence-corrected chi connectivity index (χ1v) is 12.4. The second kappa shape index (κ2) is 10.3. The van der Waals surface area contributed by atoms with Crippen molar-refractivity contribution in [2.24, 2.45) is 13.0 Å². The summed E-state index contributed by atoms with van der Waals surface area (Å²) in [6, 6.07) is 3.08. The van der Waals surface area contributed by atoms with E-state index < -0.39 is 55.1 Å². The number of Topliss-reactive ketones (excluding diaryl/α,β-unsaturated/α-hetero) is 1. The second-order valence-electron chi connectivity index (χ2n) is 9.92. The molecule has 4 aromatic heterocycles. The smallest absolute Gasteiger partial charge is 0.426 e. The van der Waals surface area contributed by atoms with E-state index in [9.17, 15) is 32.3 Å². The quantitative estimate of drug-likeness (QED) is 0.233. The van der Waals surface area contributed by atoms with Gasteiger partial charge >= 0.3 is 6.18 Å². The van der Waals surface area contributed by atoms with Crippen LogP contribution in [0, 0.1) is 5.92 Å². The number of amides is 1. The summed E-state index contributed by atoms with van der Waals surface area (Å²) in [5.74, 6) is -3.19. The molecule has 1 aliphatic heterocycles. The lowest BCUT2D eigenvalue weighted by molar-refractivity contribution is -0.249. The molecule has 0 radical (unpaired) electrons. The summed E-state index contributed by atoms with van der Waals surface area (Å²) in [6.45, 7) is -0.905. The average molecular weight is 593 g/mol. The molecule has 222 valence electrons. The third-order valence-corrected chi connectivity index (χ3v) is 7.03. The third kappa shape index (κ3) is 4.86. The van der Waals surface area contributed by atoms with Crippen molar-refractivity contribution in [3.05, 3.63) is 30.2 Å². The number of tetrazole rings is 1. The number of ether oxygens (including phenoxy) is 1. The van der Waals surface area contributed by atoms with Crippen LogP contribution in [0.2, 0.25) is 0 Å². The largest absolute Gasteiger partial charge is 0.480 e. The minimum absolute atomic E-state index is 0.0516. The van der Waals surface area contributed by atoms with Crippen LogP contribution in [0.3, 0.4) is 0 Å². The van der Waals surface area contributed by atoms with Gasteiger partial charge in [0.25, 0.3) is 5.91 Å². The van der Waals surface area contributed by atoms with E-state index in [0.717, 1.165) is 0 Å². The molecule has 18 heteroatoms. The number of methoxy groups -OCH3 is 1. The van der Waals surface area contributed by atoms with Gasteiger partial charge in [-0.1, -0.05) is 0 Å². The Morgan fingerprint density at radius 1 is 1.21 bits per heavy atom. The number of fused-ring (bicyclic) bond motifs is 1. The number of ketones is 1. The molecule has 3 N–H and O–H groups in total. The predicted molar refractivity (Wildman–Crippen MR) is 136 cm³/mol. The first kappa shape index (κ1) is 28.8. The molecule has 0 saturated carbocycles. The van der Waals surface area contributed by atoms with Gasteiger partial charge in [0.05, 0.1) is 37.5 Å². The molecule has 4 aromatic rings. The number of rotatable bonds is 7. The van der Waals surface area contributed by atoms with E-state index in [-0.39, 0.29) is 23.1 Å². The van der Waals surface area contributed by atoms with Crippen molar-refractivity contribution in [3.8, 4) is 28.5 Å². The summed E-state index contributed by atoms with van der Waals surface area (Å²) in [5, 5.41) is 26.1. The number of halogens is 4. The van der Waals surface area contributed by atoms with Crippen molar-refractivity contribution in [3.63, 3.8) is 0 Å². The fourth-order valence-corrected chi connectivity index (χ4v) is 4.76. The van der Waals surface area contributed by atoms with E-state index in [1.807, 2.05) is 0 Å². The second-order valence-corrected chi connectivity index (χ2v) is 9.92. The minimum Gasteiger partial charge on any atom is -0.480 e. The summed E-state index contributed by atoms with van der Waals surface area (Å²) in [7, 11) is 2.85. The van der Waals surface area contributed by atoms with Crippen LogP contribution in [0.25, 0.3) is 28.2 Å². The molecule has 14 nitrogen and oxygen atoms in total. The molecule has 42 heavy (non-hydrogen) atoms. The number of aromatic nitrogens is 8. The summed E-state index contributed by atoms with van der Waals surface area (Å²) < 4.78 is 61.1. The fourth-order valence-electron chi connectivity index (χ4n) is 4.76. The van der Waals surface area contributed by atoms with Crippen molar-refractivity contribution < 1.29 is 37.0 Å². The number of likely N-dealkylation sites (tertiary alicyclic amines) is 1. The van der Waals surface area contributed by atoms with Crippen molar-refractivity contribution in [2.45, 2.75) is 31.3 Å². The van der Waals surface area contributed by atoms with Gasteiger partial charge in [-0.05, 0) is 24.3 Å². The van der Waals surface area contributed by atoms with Crippen LogP contribution in [-0.2, 0) is 11.8 Å². The van der Waals surface area contributed by atoms with Crippen molar-refractivity contribution in [1.29, 1.82) is 0 Å². The summed E-state index contributed by atoms with van der Waals surface area (Å²) in [5.41, 5.74) is 3.87. The maximum atomic E-state index is 14.9. The molecule has 5 rings (SSSR count). The lowest BCUT2D eigenvalue weighted by Gasteiger charge is -2.29.